The number of carbonyl (C=O) groups is 1. The van der Waals surface area contributed by atoms with Gasteiger partial charge in [-0.25, -0.2) is 4.39 Å². The Kier molecular flexibility index (Phi) is 3.58. The van der Waals surface area contributed by atoms with E-state index in [1.807, 2.05) is 4.90 Å². The van der Waals surface area contributed by atoms with Crippen molar-refractivity contribution in [2.24, 2.45) is 0 Å². The van der Waals surface area contributed by atoms with Crippen LogP contribution in [0.3, 0.4) is 0 Å². The molecule has 1 fully saturated rings. The van der Waals surface area contributed by atoms with Gasteiger partial charge in [-0.15, -0.1) is 0 Å². The fourth-order valence-corrected chi connectivity index (χ4v) is 2.06. The molecule has 5 heteroatoms. The van der Waals surface area contributed by atoms with E-state index in [-0.39, 0.29) is 5.82 Å². The van der Waals surface area contributed by atoms with Crippen molar-refractivity contribution >= 4 is 17.7 Å². The van der Waals surface area contributed by atoms with E-state index in [0.717, 1.165) is 32.5 Å². The van der Waals surface area contributed by atoms with Crippen LogP contribution in [0.25, 0.3) is 0 Å². The van der Waals surface area contributed by atoms with Gasteiger partial charge in [-0.05, 0) is 18.2 Å². The zero-order valence-corrected chi connectivity index (χ0v) is 9.60. The topological polar surface area (TPSA) is 49.6 Å². The number of rotatable bonds is 3. The van der Waals surface area contributed by atoms with Gasteiger partial charge in [0.15, 0.2) is 0 Å². The summed E-state index contributed by atoms with van der Waals surface area (Å²) < 4.78 is 13.7. The van der Waals surface area contributed by atoms with Gasteiger partial charge < -0.3 is 15.4 Å². The lowest BCUT2D eigenvalue weighted by Crippen LogP contribution is -2.47. The number of nitrogen functional groups attached to an aromatic ring is 1. The summed E-state index contributed by atoms with van der Waals surface area (Å²) in [5, 5.41) is 0. The van der Waals surface area contributed by atoms with Crippen LogP contribution in [0.4, 0.5) is 15.8 Å². The molecular formula is C12H16FN3O. The molecule has 1 aromatic carbocycles. The maximum absolute atomic E-state index is 13.7. The number of nitrogens with two attached hydrogens (primary N) is 1. The van der Waals surface area contributed by atoms with Crippen molar-refractivity contribution in [1.29, 1.82) is 0 Å². The van der Waals surface area contributed by atoms with E-state index >= 15 is 0 Å². The van der Waals surface area contributed by atoms with E-state index in [2.05, 4.69) is 4.90 Å². The van der Waals surface area contributed by atoms with Crippen molar-refractivity contribution in [3.05, 3.63) is 24.0 Å². The van der Waals surface area contributed by atoms with Gasteiger partial charge in [0.25, 0.3) is 0 Å². The molecule has 1 aliphatic heterocycles. The Balaban J connectivity index is 2.02. The minimum absolute atomic E-state index is 0.283. The predicted octanol–water partition coefficient (Wildman–Crippen LogP) is 0.729. The quantitative estimate of drug-likeness (QED) is 0.622. The van der Waals surface area contributed by atoms with Gasteiger partial charge >= 0.3 is 0 Å². The number of anilines is 2. The molecule has 1 heterocycles. The summed E-state index contributed by atoms with van der Waals surface area (Å²) in [5.74, 6) is -0.283. The summed E-state index contributed by atoms with van der Waals surface area (Å²) in [4.78, 5) is 14.4. The van der Waals surface area contributed by atoms with Gasteiger partial charge in [0, 0.05) is 31.9 Å². The summed E-state index contributed by atoms with van der Waals surface area (Å²) in [5.41, 5.74) is 6.54. The highest BCUT2D eigenvalue weighted by Crippen LogP contribution is 2.22. The zero-order valence-electron chi connectivity index (χ0n) is 9.60. The predicted molar refractivity (Wildman–Crippen MR) is 65.5 cm³/mol. The molecule has 17 heavy (non-hydrogen) atoms. The lowest BCUT2D eigenvalue weighted by atomic mass is 10.2. The first kappa shape index (κ1) is 11.9. The van der Waals surface area contributed by atoms with Gasteiger partial charge in [0.2, 0.25) is 0 Å². The Morgan fingerprint density at radius 3 is 2.59 bits per heavy atom. The molecule has 0 aliphatic carbocycles. The average molecular weight is 237 g/mol. The van der Waals surface area contributed by atoms with Crippen LogP contribution in [0.15, 0.2) is 18.2 Å². The SMILES string of the molecule is Nc1ccc(N2CCN(CC=O)CC2)c(F)c1. The molecule has 0 unspecified atom stereocenters. The molecule has 0 amide bonds. The van der Waals surface area contributed by atoms with Crippen molar-refractivity contribution in [2.45, 2.75) is 0 Å². The number of nitrogens with zero attached hydrogens (tertiary/aromatic N) is 2. The summed E-state index contributed by atoms with van der Waals surface area (Å²) in [7, 11) is 0. The minimum atomic E-state index is -0.283. The normalized spacial score (nSPS) is 17.1. The van der Waals surface area contributed by atoms with Crippen LogP contribution in [-0.2, 0) is 4.79 Å². The van der Waals surface area contributed by atoms with Gasteiger partial charge in [-0.1, -0.05) is 0 Å². The van der Waals surface area contributed by atoms with Crippen LogP contribution >= 0.6 is 0 Å². The highest BCUT2D eigenvalue weighted by atomic mass is 19.1. The summed E-state index contributed by atoms with van der Waals surface area (Å²) >= 11 is 0. The number of hydrogen-bond acceptors (Lipinski definition) is 4. The molecular weight excluding hydrogens is 221 g/mol. The van der Waals surface area contributed by atoms with Crippen LogP contribution in [0.2, 0.25) is 0 Å². The molecule has 0 spiro atoms. The molecule has 0 bridgehead atoms. The highest BCUT2D eigenvalue weighted by molar-refractivity contribution is 5.55. The highest BCUT2D eigenvalue weighted by Gasteiger charge is 2.18. The smallest absolute Gasteiger partial charge is 0.148 e. The molecule has 1 aliphatic rings. The van der Waals surface area contributed by atoms with Crippen LogP contribution in [-0.4, -0.2) is 43.9 Å². The van der Waals surface area contributed by atoms with Crippen LogP contribution in [0, 0.1) is 5.82 Å². The summed E-state index contributed by atoms with van der Waals surface area (Å²) in [6, 6.07) is 4.75. The van der Waals surface area contributed by atoms with Crippen molar-refractivity contribution in [3.8, 4) is 0 Å². The number of benzene rings is 1. The first-order valence-corrected chi connectivity index (χ1v) is 5.66. The van der Waals surface area contributed by atoms with Crippen LogP contribution in [0.5, 0.6) is 0 Å². The molecule has 1 aromatic rings. The molecule has 0 atom stereocenters. The lowest BCUT2D eigenvalue weighted by molar-refractivity contribution is -0.108. The lowest BCUT2D eigenvalue weighted by Gasteiger charge is -2.35. The molecule has 2 N–H and O–H groups in total. The standard InChI is InChI=1S/C12H16FN3O/c13-11-9-10(14)1-2-12(11)16-5-3-15(4-6-16)7-8-17/h1-2,8-9H,3-7,14H2. The average Bonchev–Trinajstić information content (AvgIpc) is 2.31. The Hall–Kier alpha value is -1.62. The number of aldehydes is 1. The molecule has 4 nitrogen and oxygen atoms in total. The van der Waals surface area contributed by atoms with Gasteiger partial charge in [0.05, 0.1) is 12.2 Å². The third-order valence-corrected chi connectivity index (χ3v) is 3.02. The van der Waals surface area contributed by atoms with Crippen molar-refractivity contribution in [1.82, 2.24) is 4.90 Å². The van der Waals surface area contributed by atoms with E-state index in [1.54, 1.807) is 12.1 Å². The first-order valence-electron chi connectivity index (χ1n) is 5.66. The minimum Gasteiger partial charge on any atom is -0.399 e. The molecule has 0 aromatic heterocycles. The third-order valence-electron chi connectivity index (χ3n) is 3.02. The van der Waals surface area contributed by atoms with E-state index < -0.39 is 0 Å². The fourth-order valence-electron chi connectivity index (χ4n) is 2.06. The second-order valence-corrected chi connectivity index (χ2v) is 4.17. The largest absolute Gasteiger partial charge is 0.399 e. The Morgan fingerprint density at radius 2 is 2.00 bits per heavy atom. The van der Waals surface area contributed by atoms with Crippen LogP contribution in [0.1, 0.15) is 0 Å². The van der Waals surface area contributed by atoms with E-state index in [9.17, 15) is 9.18 Å². The zero-order chi connectivity index (χ0) is 12.3. The Morgan fingerprint density at radius 1 is 1.29 bits per heavy atom. The summed E-state index contributed by atoms with van der Waals surface area (Å²) in [6.45, 7) is 3.48. The maximum Gasteiger partial charge on any atom is 0.148 e. The second-order valence-electron chi connectivity index (χ2n) is 4.17. The van der Waals surface area contributed by atoms with Crippen molar-refractivity contribution in [3.63, 3.8) is 0 Å². The Bertz CT molecular complexity index is 403. The van der Waals surface area contributed by atoms with E-state index in [4.69, 9.17) is 5.73 Å². The monoisotopic (exact) mass is 237 g/mol. The number of hydrogen-bond donors (Lipinski definition) is 1. The number of carbonyl (C=O) groups excluding carboxylic acids is 1. The molecule has 2 rings (SSSR count). The van der Waals surface area contributed by atoms with Gasteiger partial charge in [-0.3, -0.25) is 4.90 Å². The molecule has 0 saturated carbocycles. The van der Waals surface area contributed by atoms with E-state index in [0.29, 0.717) is 17.9 Å². The second kappa shape index (κ2) is 5.14. The first-order chi connectivity index (χ1) is 8.20. The molecule has 1 saturated heterocycles. The third kappa shape index (κ3) is 2.74. The fraction of sp³-hybridized carbons (Fsp3) is 0.417. The van der Waals surface area contributed by atoms with E-state index in [1.165, 1.54) is 6.07 Å². The Labute approximate surface area is 99.8 Å². The number of piperazine rings is 1. The maximum atomic E-state index is 13.7. The summed E-state index contributed by atoms with van der Waals surface area (Å²) in [6.07, 6.45) is 0.902. The van der Waals surface area contributed by atoms with Crippen molar-refractivity contribution < 1.29 is 9.18 Å². The van der Waals surface area contributed by atoms with Gasteiger partial charge in [0.1, 0.15) is 12.1 Å². The number of halogens is 1. The van der Waals surface area contributed by atoms with Gasteiger partial charge in [-0.2, -0.15) is 0 Å². The van der Waals surface area contributed by atoms with Crippen molar-refractivity contribution in [2.75, 3.05) is 43.4 Å². The molecule has 92 valence electrons. The van der Waals surface area contributed by atoms with Crippen LogP contribution < -0.4 is 10.6 Å². The molecule has 0 radical (unpaired) electrons.